The highest BCUT2D eigenvalue weighted by atomic mass is 32.2. The molecule has 2 unspecified atom stereocenters. The molecule has 2 atom stereocenters. The van der Waals surface area contributed by atoms with Crippen LogP contribution in [0.1, 0.15) is 12.8 Å². The fourth-order valence-corrected chi connectivity index (χ4v) is 3.47. The molecule has 1 saturated heterocycles. The van der Waals surface area contributed by atoms with Crippen LogP contribution in [0.3, 0.4) is 0 Å². The number of ether oxygens (including phenoxy) is 3. The second kappa shape index (κ2) is 9.19. The lowest BCUT2D eigenvalue weighted by atomic mass is 10.2. The highest BCUT2D eigenvalue weighted by molar-refractivity contribution is 7.99. The maximum Gasteiger partial charge on any atom is 0.195 e. The molecule has 1 aromatic carbocycles. The van der Waals surface area contributed by atoms with Crippen molar-refractivity contribution in [3.63, 3.8) is 0 Å². The van der Waals surface area contributed by atoms with Crippen molar-refractivity contribution in [2.45, 2.75) is 30.2 Å². The third-order valence-electron chi connectivity index (χ3n) is 3.90. The van der Waals surface area contributed by atoms with Crippen LogP contribution in [0.5, 0.6) is 5.75 Å². The number of aliphatic hydroxyl groups excluding tert-OH is 1. The van der Waals surface area contributed by atoms with Gasteiger partial charge in [0.05, 0.1) is 38.2 Å². The monoisotopic (exact) mass is 365 g/mol. The molecule has 0 saturated carbocycles. The van der Waals surface area contributed by atoms with Crippen molar-refractivity contribution in [2.75, 3.05) is 32.7 Å². The zero-order chi connectivity index (χ0) is 17.5. The standard InChI is InChI=1S/C17H23N3O4S/c1-22-16-7-3-2-6-15(16)20-12-18-19-17(20)25-11-13(21)9-23-10-14-5-4-8-24-14/h2-3,6-7,12-14,21H,4-5,8-11H2,1H3. The van der Waals surface area contributed by atoms with Crippen molar-refractivity contribution in [1.82, 2.24) is 14.8 Å². The fraction of sp³-hybridized carbons (Fsp3) is 0.529. The predicted octanol–water partition coefficient (Wildman–Crippen LogP) is 1.92. The van der Waals surface area contributed by atoms with Gasteiger partial charge < -0.3 is 19.3 Å². The van der Waals surface area contributed by atoms with E-state index in [1.165, 1.54) is 11.8 Å². The Morgan fingerprint density at radius 3 is 3.12 bits per heavy atom. The van der Waals surface area contributed by atoms with Gasteiger partial charge in [-0.15, -0.1) is 10.2 Å². The van der Waals surface area contributed by atoms with Gasteiger partial charge in [-0.05, 0) is 25.0 Å². The Hall–Kier alpha value is -1.61. The molecular weight excluding hydrogens is 342 g/mol. The zero-order valence-corrected chi connectivity index (χ0v) is 15.0. The molecule has 0 radical (unpaired) electrons. The lowest BCUT2D eigenvalue weighted by Gasteiger charge is -2.14. The van der Waals surface area contributed by atoms with Gasteiger partial charge in [-0.25, -0.2) is 0 Å². The number of benzene rings is 1. The Bertz CT molecular complexity index is 661. The van der Waals surface area contributed by atoms with Crippen molar-refractivity contribution < 1.29 is 19.3 Å². The van der Waals surface area contributed by atoms with Gasteiger partial charge in [-0.2, -0.15) is 0 Å². The molecule has 3 rings (SSSR count). The summed E-state index contributed by atoms with van der Waals surface area (Å²) in [7, 11) is 1.63. The quantitative estimate of drug-likeness (QED) is 0.680. The molecule has 1 aliphatic heterocycles. The summed E-state index contributed by atoms with van der Waals surface area (Å²) in [4.78, 5) is 0. The maximum atomic E-state index is 10.1. The molecule has 1 aromatic heterocycles. The van der Waals surface area contributed by atoms with E-state index in [1.807, 2.05) is 28.8 Å². The minimum Gasteiger partial charge on any atom is -0.495 e. The predicted molar refractivity (Wildman–Crippen MR) is 94.4 cm³/mol. The molecule has 0 bridgehead atoms. The number of hydrogen-bond donors (Lipinski definition) is 1. The molecule has 0 amide bonds. The molecule has 136 valence electrons. The zero-order valence-electron chi connectivity index (χ0n) is 14.2. The molecule has 25 heavy (non-hydrogen) atoms. The number of para-hydroxylation sites is 2. The van der Waals surface area contributed by atoms with Crippen LogP contribution in [-0.4, -0.2) is 64.8 Å². The van der Waals surface area contributed by atoms with Gasteiger partial charge in [0.25, 0.3) is 0 Å². The Morgan fingerprint density at radius 2 is 2.32 bits per heavy atom. The van der Waals surface area contributed by atoms with Crippen LogP contribution in [0, 0.1) is 0 Å². The van der Waals surface area contributed by atoms with Crippen molar-refractivity contribution in [3.05, 3.63) is 30.6 Å². The number of rotatable bonds is 9. The highest BCUT2D eigenvalue weighted by Crippen LogP contribution is 2.26. The van der Waals surface area contributed by atoms with Crippen LogP contribution in [0.4, 0.5) is 0 Å². The summed E-state index contributed by atoms with van der Waals surface area (Å²) in [6.07, 6.45) is 3.36. The number of aliphatic hydroxyl groups is 1. The summed E-state index contributed by atoms with van der Waals surface area (Å²) < 4.78 is 18.3. The average molecular weight is 365 g/mol. The molecule has 1 fully saturated rings. The summed E-state index contributed by atoms with van der Waals surface area (Å²) in [5.74, 6) is 1.21. The summed E-state index contributed by atoms with van der Waals surface area (Å²) in [5.41, 5.74) is 0.863. The smallest absolute Gasteiger partial charge is 0.195 e. The number of hydrogen-bond acceptors (Lipinski definition) is 7. The van der Waals surface area contributed by atoms with Gasteiger partial charge in [-0.1, -0.05) is 23.9 Å². The number of methoxy groups -OCH3 is 1. The topological polar surface area (TPSA) is 78.6 Å². The maximum absolute atomic E-state index is 10.1. The SMILES string of the molecule is COc1ccccc1-n1cnnc1SCC(O)COCC1CCCO1. The lowest BCUT2D eigenvalue weighted by Crippen LogP contribution is -2.22. The highest BCUT2D eigenvalue weighted by Gasteiger charge is 2.17. The third-order valence-corrected chi connectivity index (χ3v) is 4.99. The first-order valence-corrected chi connectivity index (χ1v) is 9.30. The van der Waals surface area contributed by atoms with Crippen molar-refractivity contribution >= 4 is 11.8 Å². The van der Waals surface area contributed by atoms with Crippen molar-refractivity contribution in [2.24, 2.45) is 0 Å². The van der Waals surface area contributed by atoms with E-state index in [0.29, 0.717) is 17.5 Å². The van der Waals surface area contributed by atoms with Crippen LogP contribution in [0.2, 0.25) is 0 Å². The van der Waals surface area contributed by atoms with Gasteiger partial charge in [0.1, 0.15) is 12.1 Å². The number of nitrogens with zero attached hydrogens (tertiary/aromatic N) is 3. The summed E-state index contributed by atoms with van der Waals surface area (Å²) >= 11 is 1.43. The Kier molecular flexibility index (Phi) is 6.69. The molecule has 7 nitrogen and oxygen atoms in total. The Balaban J connectivity index is 1.51. The second-order valence-corrected chi connectivity index (χ2v) is 6.78. The minimum atomic E-state index is -0.575. The molecule has 1 aliphatic rings. The number of aromatic nitrogens is 3. The van der Waals surface area contributed by atoms with E-state index in [2.05, 4.69) is 10.2 Å². The molecule has 1 N–H and O–H groups in total. The van der Waals surface area contributed by atoms with Crippen LogP contribution >= 0.6 is 11.8 Å². The van der Waals surface area contributed by atoms with Gasteiger partial charge in [0, 0.05) is 12.4 Å². The van der Waals surface area contributed by atoms with Crippen LogP contribution in [0.15, 0.2) is 35.7 Å². The van der Waals surface area contributed by atoms with E-state index >= 15 is 0 Å². The fourth-order valence-electron chi connectivity index (χ4n) is 2.65. The van der Waals surface area contributed by atoms with E-state index in [1.54, 1.807) is 13.4 Å². The summed E-state index contributed by atoms with van der Waals surface area (Å²) in [6.45, 7) is 1.64. The molecule has 0 aliphatic carbocycles. The van der Waals surface area contributed by atoms with E-state index < -0.39 is 6.10 Å². The van der Waals surface area contributed by atoms with Crippen LogP contribution < -0.4 is 4.74 Å². The molecule has 0 spiro atoms. The molecule has 2 aromatic rings. The van der Waals surface area contributed by atoms with Gasteiger partial charge in [-0.3, -0.25) is 4.57 Å². The van der Waals surface area contributed by atoms with Gasteiger partial charge >= 0.3 is 0 Å². The third kappa shape index (κ3) is 4.94. The molecular formula is C17H23N3O4S. The van der Waals surface area contributed by atoms with E-state index in [-0.39, 0.29) is 12.7 Å². The van der Waals surface area contributed by atoms with Crippen molar-refractivity contribution in [3.8, 4) is 11.4 Å². The average Bonchev–Trinajstić information content (AvgIpc) is 3.31. The summed E-state index contributed by atoms with van der Waals surface area (Å²) in [6, 6.07) is 7.67. The molecule has 2 heterocycles. The van der Waals surface area contributed by atoms with E-state index in [9.17, 15) is 5.11 Å². The second-order valence-electron chi connectivity index (χ2n) is 5.79. The van der Waals surface area contributed by atoms with E-state index in [4.69, 9.17) is 14.2 Å². The minimum absolute atomic E-state index is 0.175. The largest absolute Gasteiger partial charge is 0.495 e. The van der Waals surface area contributed by atoms with Gasteiger partial charge in [0.2, 0.25) is 0 Å². The van der Waals surface area contributed by atoms with Crippen LogP contribution in [0.25, 0.3) is 5.69 Å². The first-order valence-electron chi connectivity index (χ1n) is 8.31. The molecule has 8 heteroatoms. The Morgan fingerprint density at radius 1 is 1.44 bits per heavy atom. The normalized spacial score (nSPS) is 18.4. The van der Waals surface area contributed by atoms with Crippen LogP contribution in [-0.2, 0) is 9.47 Å². The van der Waals surface area contributed by atoms with Crippen molar-refractivity contribution in [1.29, 1.82) is 0 Å². The summed E-state index contributed by atoms with van der Waals surface area (Å²) in [5, 5.41) is 18.9. The first kappa shape index (κ1) is 18.2. The number of thioether (sulfide) groups is 1. The van der Waals surface area contributed by atoms with E-state index in [0.717, 1.165) is 30.9 Å². The van der Waals surface area contributed by atoms with Gasteiger partial charge in [0.15, 0.2) is 5.16 Å². The lowest BCUT2D eigenvalue weighted by molar-refractivity contribution is -0.0114. The Labute approximate surface area is 151 Å². The first-order chi connectivity index (χ1) is 12.3.